The molecule has 3 N–H and O–H groups in total. The summed E-state index contributed by atoms with van der Waals surface area (Å²) in [5.74, 6) is 0. The second-order valence-electron chi connectivity index (χ2n) is 0.869. The number of hydrogen-bond donors (Lipinski definition) is 2. The molecule has 0 amide bonds. The number of nitrogens with one attached hydrogen (secondary N) is 1. The van der Waals surface area contributed by atoms with E-state index in [-0.39, 0.29) is 0 Å². The van der Waals surface area contributed by atoms with Gasteiger partial charge in [0.05, 0.1) is 6.20 Å². The molecule has 0 aromatic heterocycles. The molecular formula is C3H4N2. The van der Waals surface area contributed by atoms with Gasteiger partial charge in [0, 0.05) is 5.70 Å². The largest absolute Gasteiger partial charge is 0.410 e. The van der Waals surface area contributed by atoms with E-state index in [1.54, 1.807) is 6.20 Å². The molecule has 1 aliphatic heterocycles. The van der Waals surface area contributed by atoms with Crippen LogP contribution in [0.5, 0.6) is 0 Å². The van der Waals surface area contributed by atoms with E-state index in [2.05, 4.69) is 11.2 Å². The van der Waals surface area contributed by atoms with Crippen molar-refractivity contribution < 1.29 is 4.99 Å². The van der Waals surface area contributed by atoms with Gasteiger partial charge in [-0.15, -0.1) is 0 Å². The molecule has 26 valence electrons. The Morgan fingerprint density at radius 2 is 2.40 bits per heavy atom. The summed E-state index contributed by atoms with van der Waals surface area (Å²) in [4.78, 5) is 2.62. The van der Waals surface area contributed by atoms with Crippen molar-refractivity contribution in [2.45, 2.75) is 0 Å². The normalized spacial score (nSPS) is 17.2. The van der Waals surface area contributed by atoms with Crippen LogP contribution in [0.25, 0.3) is 0 Å². The van der Waals surface area contributed by atoms with Gasteiger partial charge in [0.1, 0.15) is 6.21 Å². The third-order valence-corrected chi connectivity index (χ3v) is 0.444. The summed E-state index contributed by atoms with van der Waals surface area (Å²) < 4.78 is 0. The highest BCUT2D eigenvalue weighted by Crippen LogP contribution is 1.65. The highest BCUT2D eigenvalue weighted by atomic mass is 14.8. The van der Waals surface area contributed by atoms with Crippen molar-refractivity contribution in [3.63, 3.8) is 0 Å². The fourth-order valence-corrected chi connectivity index (χ4v) is 0.156. The zero-order chi connectivity index (χ0) is 3.70. The van der Waals surface area contributed by atoms with Crippen LogP contribution in [0, 0.1) is 0 Å². The minimum Gasteiger partial charge on any atom is -0.410 e. The minimum atomic E-state index is 0.699. The lowest BCUT2D eigenvalue weighted by molar-refractivity contribution is -0.380. The maximum absolute atomic E-state index is 5.07. The summed E-state index contributed by atoms with van der Waals surface area (Å²) in [5.41, 5.74) is 5.77. The summed E-state index contributed by atoms with van der Waals surface area (Å²) in [6, 6.07) is 0. The first-order valence-corrected chi connectivity index (χ1v) is 1.37. The standard InChI is InChI=1S/C3H4N2/c4-3-1-5-2-3/h1,5H,4H2. The Kier molecular flexibility index (Phi) is 0.283. The van der Waals surface area contributed by atoms with Crippen LogP contribution in [0.15, 0.2) is 11.9 Å². The number of rotatable bonds is 0. The molecule has 2 nitrogen and oxygen atoms in total. The van der Waals surface area contributed by atoms with Crippen molar-refractivity contribution in [2.75, 3.05) is 0 Å². The van der Waals surface area contributed by atoms with E-state index in [1.807, 2.05) is 0 Å². The van der Waals surface area contributed by atoms with Gasteiger partial charge < -0.3 is 10.7 Å². The molecule has 0 atom stereocenters. The predicted molar refractivity (Wildman–Crippen MR) is 18.2 cm³/mol. The molecule has 0 saturated heterocycles. The van der Waals surface area contributed by atoms with Gasteiger partial charge in [0.25, 0.3) is 0 Å². The summed E-state index contributed by atoms with van der Waals surface area (Å²) >= 11 is 0. The van der Waals surface area contributed by atoms with Crippen molar-refractivity contribution in [3.8, 4) is 0 Å². The van der Waals surface area contributed by atoms with E-state index in [1.165, 1.54) is 0 Å². The Balaban J connectivity index is 2.60. The molecular weight excluding hydrogens is 64.0 g/mol. The van der Waals surface area contributed by atoms with E-state index in [9.17, 15) is 0 Å². The van der Waals surface area contributed by atoms with E-state index < -0.39 is 0 Å². The average molecular weight is 68.1 g/mol. The quantitative estimate of drug-likeness (QED) is 0.311. The Morgan fingerprint density at radius 1 is 2.00 bits per heavy atom. The first-order valence-electron chi connectivity index (χ1n) is 1.37. The van der Waals surface area contributed by atoms with Gasteiger partial charge in [0.15, 0.2) is 0 Å². The first-order chi connectivity index (χ1) is 2.39. The van der Waals surface area contributed by atoms with E-state index in [4.69, 9.17) is 5.73 Å². The molecule has 1 aliphatic rings. The van der Waals surface area contributed by atoms with Crippen molar-refractivity contribution >= 4 is 6.21 Å². The zero-order valence-electron chi connectivity index (χ0n) is 2.65. The van der Waals surface area contributed by atoms with E-state index in [0.29, 0.717) is 5.70 Å². The van der Waals surface area contributed by atoms with Crippen molar-refractivity contribution in [1.82, 2.24) is 0 Å². The summed E-state index contributed by atoms with van der Waals surface area (Å²) in [7, 11) is 0. The molecule has 1 rings (SSSR count). The monoisotopic (exact) mass is 68.0 g/mol. The Labute approximate surface area is 30.0 Å². The first kappa shape index (κ1) is 2.45. The average Bonchev–Trinajstić information content (AvgIpc) is 1.30. The molecule has 0 radical (unpaired) electrons. The third-order valence-electron chi connectivity index (χ3n) is 0.444. The molecule has 0 fully saturated rings. The van der Waals surface area contributed by atoms with Gasteiger partial charge in [0.2, 0.25) is 0 Å². The molecule has 0 aliphatic carbocycles. The topological polar surface area (TPSA) is 40.0 Å². The van der Waals surface area contributed by atoms with Crippen LogP contribution in [0.4, 0.5) is 0 Å². The van der Waals surface area contributed by atoms with Crippen LogP contribution < -0.4 is 10.7 Å². The highest BCUT2D eigenvalue weighted by Gasteiger charge is 1.86. The fourth-order valence-electron chi connectivity index (χ4n) is 0.156. The lowest BCUT2D eigenvalue weighted by Gasteiger charge is -1.92. The predicted octanol–water partition coefficient (Wildman–Crippen LogP) is -2.17. The maximum Gasteiger partial charge on any atom is 0.142 e. The summed E-state index contributed by atoms with van der Waals surface area (Å²) in [6.45, 7) is 0. The van der Waals surface area contributed by atoms with Crippen LogP contribution >= 0.6 is 0 Å². The zero-order valence-corrected chi connectivity index (χ0v) is 2.65. The second-order valence-corrected chi connectivity index (χ2v) is 0.869. The Bertz CT molecular complexity index is 91.1. The van der Waals surface area contributed by atoms with Crippen LogP contribution in [0.1, 0.15) is 0 Å². The van der Waals surface area contributed by atoms with Crippen molar-refractivity contribution in [2.24, 2.45) is 5.73 Å². The Hall–Kier alpha value is -0.790. The van der Waals surface area contributed by atoms with Crippen molar-refractivity contribution in [1.29, 1.82) is 0 Å². The molecule has 0 aromatic carbocycles. The molecule has 0 bridgehead atoms. The molecule has 2 heteroatoms. The molecule has 1 heterocycles. The fraction of sp³-hybridized carbons (Fsp3) is 0. The van der Waals surface area contributed by atoms with E-state index >= 15 is 0 Å². The minimum absolute atomic E-state index is 0.699. The van der Waals surface area contributed by atoms with Crippen LogP contribution in [0.3, 0.4) is 0 Å². The highest BCUT2D eigenvalue weighted by molar-refractivity contribution is 5.74. The lowest BCUT2D eigenvalue weighted by atomic mass is 10.5. The van der Waals surface area contributed by atoms with Gasteiger partial charge >= 0.3 is 0 Å². The van der Waals surface area contributed by atoms with Gasteiger partial charge in [-0.2, -0.15) is 0 Å². The van der Waals surface area contributed by atoms with Gasteiger partial charge in [-0.25, -0.2) is 0 Å². The number of allylic oxidation sites excluding steroid dienone is 1. The van der Waals surface area contributed by atoms with Gasteiger partial charge in [-0.3, -0.25) is 0 Å². The molecule has 5 heavy (non-hydrogen) atoms. The smallest absolute Gasteiger partial charge is 0.142 e. The van der Waals surface area contributed by atoms with Crippen LogP contribution in [-0.2, 0) is 0 Å². The molecule has 0 unspecified atom stereocenters. The molecule has 0 saturated carbocycles. The summed E-state index contributed by atoms with van der Waals surface area (Å²) in [6.07, 6.45) is 4.28. The van der Waals surface area contributed by atoms with Crippen molar-refractivity contribution in [3.05, 3.63) is 11.9 Å². The van der Waals surface area contributed by atoms with E-state index in [0.717, 1.165) is 0 Å². The van der Waals surface area contributed by atoms with Gasteiger partial charge in [-0.05, 0) is 0 Å². The summed E-state index contributed by atoms with van der Waals surface area (Å²) in [5, 5.41) is 0. The number of nitrogens with two attached hydrogens (primary N) is 1. The Morgan fingerprint density at radius 3 is 2.40 bits per heavy atom. The second kappa shape index (κ2) is 0.578. The third kappa shape index (κ3) is 0.173. The lowest BCUT2D eigenvalue weighted by Crippen LogP contribution is -2.69. The van der Waals surface area contributed by atoms with Gasteiger partial charge in [-0.1, -0.05) is 0 Å². The molecule has 0 spiro atoms. The molecule has 0 aromatic rings. The SMILES string of the molecule is NC1=C[NH+]=[C-]1. The number of hydrogen-bond acceptors (Lipinski definition) is 1. The maximum atomic E-state index is 5.07. The van der Waals surface area contributed by atoms with Crippen LogP contribution in [-0.4, -0.2) is 6.21 Å². The van der Waals surface area contributed by atoms with Crippen LogP contribution in [0.2, 0.25) is 0 Å².